The minimum atomic E-state index is 0.342. The summed E-state index contributed by atoms with van der Waals surface area (Å²) in [5, 5.41) is 0. The van der Waals surface area contributed by atoms with E-state index in [9.17, 15) is 0 Å². The number of hydrogen-bond acceptors (Lipinski definition) is 2. The van der Waals surface area contributed by atoms with Crippen molar-refractivity contribution in [3.05, 3.63) is 35.4 Å². The van der Waals surface area contributed by atoms with Gasteiger partial charge in [0.2, 0.25) is 0 Å². The molecule has 2 aliphatic rings. The number of benzene rings is 1. The van der Waals surface area contributed by atoms with E-state index in [4.69, 9.17) is 5.84 Å². The standard InChI is InChI=1S/C18H28N2/c1-13-6-4-9-15(12-13)18(20-19)17-11-3-2-10-16(17)14-7-5-8-14/h2-3,10-11,13-15,18,20H,4-9,12,19H2,1H3. The van der Waals surface area contributed by atoms with E-state index in [1.807, 2.05) is 0 Å². The molecule has 0 spiro atoms. The van der Waals surface area contributed by atoms with Crippen LogP contribution in [0.3, 0.4) is 0 Å². The molecule has 3 unspecified atom stereocenters. The van der Waals surface area contributed by atoms with Gasteiger partial charge in [0.05, 0.1) is 0 Å². The molecule has 1 aromatic carbocycles. The van der Waals surface area contributed by atoms with Gasteiger partial charge in [0, 0.05) is 6.04 Å². The van der Waals surface area contributed by atoms with Crippen molar-refractivity contribution < 1.29 is 0 Å². The van der Waals surface area contributed by atoms with Crippen molar-refractivity contribution in [2.45, 2.75) is 63.8 Å². The third-order valence-corrected chi connectivity index (χ3v) is 5.50. The minimum absolute atomic E-state index is 0.342. The highest BCUT2D eigenvalue weighted by Gasteiger charge is 2.31. The van der Waals surface area contributed by atoms with Gasteiger partial charge in [0.25, 0.3) is 0 Å². The summed E-state index contributed by atoms with van der Waals surface area (Å²) in [4.78, 5) is 0. The van der Waals surface area contributed by atoms with Crippen molar-refractivity contribution in [3.8, 4) is 0 Å². The first-order chi connectivity index (χ1) is 9.79. The lowest BCUT2D eigenvalue weighted by Gasteiger charge is -2.36. The van der Waals surface area contributed by atoms with Crippen LogP contribution in [0.25, 0.3) is 0 Å². The van der Waals surface area contributed by atoms with Crippen LogP contribution in [-0.2, 0) is 0 Å². The van der Waals surface area contributed by atoms with E-state index in [0.29, 0.717) is 12.0 Å². The lowest BCUT2D eigenvalue weighted by Crippen LogP contribution is -2.36. The summed E-state index contributed by atoms with van der Waals surface area (Å²) in [6.07, 6.45) is 9.48. The third-order valence-electron chi connectivity index (χ3n) is 5.50. The van der Waals surface area contributed by atoms with Gasteiger partial charge in [-0.3, -0.25) is 11.3 Å². The van der Waals surface area contributed by atoms with Gasteiger partial charge in [-0.1, -0.05) is 50.5 Å². The molecule has 0 saturated heterocycles. The maximum absolute atomic E-state index is 5.96. The lowest BCUT2D eigenvalue weighted by molar-refractivity contribution is 0.222. The Kier molecular flexibility index (Phi) is 4.42. The molecular weight excluding hydrogens is 244 g/mol. The van der Waals surface area contributed by atoms with Crippen molar-refractivity contribution in [1.82, 2.24) is 5.43 Å². The lowest BCUT2D eigenvalue weighted by atomic mass is 9.72. The first-order valence-electron chi connectivity index (χ1n) is 8.34. The average Bonchev–Trinajstić information content (AvgIpc) is 2.40. The summed E-state index contributed by atoms with van der Waals surface area (Å²) in [7, 11) is 0. The van der Waals surface area contributed by atoms with Crippen molar-refractivity contribution in [2.24, 2.45) is 17.7 Å². The van der Waals surface area contributed by atoms with E-state index in [1.54, 1.807) is 5.56 Å². The highest BCUT2D eigenvalue weighted by molar-refractivity contribution is 5.34. The minimum Gasteiger partial charge on any atom is -0.271 e. The quantitative estimate of drug-likeness (QED) is 0.634. The van der Waals surface area contributed by atoms with Crippen LogP contribution in [0.15, 0.2) is 24.3 Å². The average molecular weight is 272 g/mol. The Morgan fingerprint density at radius 1 is 1.10 bits per heavy atom. The molecule has 3 N–H and O–H groups in total. The highest BCUT2D eigenvalue weighted by Crippen LogP contribution is 2.43. The molecule has 2 heteroatoms. The summed E-state index contributed by atoms with van der Waals surface area (Å²) in [5.74, 6) is 8.29. The maximum Gasteiger partial charge on any atom is 0.0491 e. The van der Waals surface area contributed by atoms with E-state index in [-0.39, 0.29) is 0 Å². The number of nitrogens with two attached hydrogens (primary N) is 1. The second kappa shape index (κ2) is 6.28. The third kappa shape index (κ3) is 2.77. The summed E-state index contributed by atoms with van der Waals surface area (Å²) in [5.41, 5.74) is 6.18. The van der Waals surface area contributed by atoms with Crippen LogP contribution >= 0.6 is 0 Å². The zero-order valence-corrected chi connectivity index (χ0v) is 12.6. The van der Waals surface area contributed by atoms with Gasteiger partial charge in [0.1, 0.15) is 0 Å². The summed E-state index contributed by atoms with van der Waals surface area (Å²) in [6, 6.07) is 9.34. The fourth-order valence-electron chi connectivity index (χ4n) is 4.15. The van der Waals surface area contributed by atoms with Crippen molar-refractivity contribution in [1.29, 1.82) is 0 Å². The second-order valence-electron chi connectivity index (χ2n) is 6.93. The normalized spacial score (nSPS) is 28.9. The van der Waals surface area contributed by atoms with E-state index in [1.165, 1.54) is 50.5 Å². The smallest absolute Gasteiger partial charge is 0.0491 e. The monoisotopic (exact) mass is 272 g/mol. The van der Waals surface area contributed by atoms with Gasteiger partial charge in [-0.15, -0.1) is 0 Å². The van der Waals surface area contributed by atoms with Gasteiger partial charge < -0.3 is 0 Å². The van der Waals surface area contributed by atoms with E-state index < -0.39 is 0 Å². The summed E-state index contributed by atoms with van der Waals surface area (Å²) < 4.78 is 0. The maximum atomic E-state index is 5.96. The van der Waals surface area contributed by atoms with Gasteiger partial charge in [-0.25, -0.2) is 0 Å². The van der Waals surface area contributed by atoms with E-state index in [2.05, 4.69) is 36.6 Å². The van der Waals surface area contributed by atoms with E-state index >= 15 is 0 Å². The number of hydrazine groups is 1. The molecule has 0 heterocycles. The van der Waals surface area contributed by atoms with Gasteiger partial charge >= 0.3 is 0 Å². The molecule has 2 nitrogen and oxygen atoms in total. The molecular formula is C18H28N2. The molecule has 2 fully saturated rings. The Balaban J connectivity index is 1.84. The molecule has 3 atom stereocenters. The van der Waals surface area contributed by atoms with Gasteiger partial charge in [0.15, 0.2) is 0 Å². The molecule has 3 rings (SSSR count). The molecule has 0 amide bonds. The summed E-state index contributed by atoms with van der Waals surface area (Å²) >= 11 is 0. The highest BCUT2D eigenvalue weighted by atomic mass is 15.2. The van der Waals surface area contributed by atoms with Gasteiger partial charge in [-0.05, 0) is 54.6 Å². The SMILES string of the molecule is CC1CCCC(C(NN)c2ccccc2C2CCC2)C1. The Hall–Kier alpha value is -0.860. The topological polar surface area (TPSA) is 38.0 Å². The molecule has 2 saturated carbocycles. The number of hydrogen-bond donors (Lipinski definition) is 2. The van der Waals surface area contributed by atoms with Crippen LogP contribution in [0.1, 0.15) is 75.0 Å². The molecule has 0 aliphatic heterocycles. The Morgan fingerprint density at radius 3 is 2.50 bits per heavy atom. The van der Waals surface area contributed by atoms with Crippen LogP contribution in [0.4, 0.5) is 0 Å². The van der Waals surface area contributed by atoms with E-state index in [0.717, 1.165) is 11.8 Å². The van der Waals surface area contributed by atoms with Crippen LogP contribution in [0, 0.1) is 11.8 Å². The predicted molar refractivity (Wildman–Crippen MR) is 84.2 cm³/mol. The fourth-order valence-corrected chi connectivity index (χ4v) is 4.15. The van der Waals surface area contributed by atoms with Crippen molar-refractivity contribution in [3.63, 3.8) is 0 Å². The molecule has 0 bridgehead atoms. The van der Waals surface area contributed by atoms with Crippen LogP contribution in [0.2, 0.25) is 0 Å². The second-order valence-corrected chi connectivity index (χ2v) is 6.93. The number of rotatable bonds is 4. The Labute approximate surface area is 123 Å². The van der Waals surface area contributed by atoms with Crippen LogP contribution in [0.5, 0.6) is 0 Å². The first-order valence-corrected chi connectivity index (χ1v) is 8.34. The van der Waals surface area contributed by atoms with Crippen LogP contribution < -0.4 is 11.3 Å². The van der Waals surface area contributed by atoms with Crippen molar-refractivity contribution >= 4 is 0 Å². The fraction of sp³-hybridized carbons (Fsp3) is 0.667. The van der Waals surface area contributed by atoms with Crippen molar-refractivity contribution in [2.75, 3.05) is 0 Å². The predicted octanol–water partition coefficient (Wildman–Crippen LogP) is 4.28. The Morgan fingerprint density at radius 2 is 1.85 bits per heavy atom. The molecule has 1 aromatic rings. The molecule has 20 heavy (non-hydrogen) atoms. The van der Waals surface area contributed by atoms with Crippen LogP contribution in [-0.4, -0.2) is 0 Å². The number of nitrogens with one attached hydrogen (secondary N) is 1. The summed E-state index contributed by atoms with van der Waals surface area (Å²) in [6.45, 7) is 2.39. The zero-order valence-electron chi connectivity index (χ0n) is 12.6. The largest absolute Gasteiger partial charge is 0.271 e. The molecule has 2 aliphatic carbocycles. The molecule has 110 valence electrons. The first kappa shape index (κ1) is 14.1. The molecule has 0 radical (unpaired) electrons. The van der Waals surface area contributed by atoms with Gasteiger partial charge in [-0.2, -0.15) is 0 Å². The molecule has 0 aromatic heterocycles. The zero-order chi connectivity index (χ0) is 13.9. The Bertz CT molecular complexity index is 439.